The van der Waals surface area contributed by atoms with Crippen molar-refractivity contribution in [2.24, 2.45) is 0 Å². The van der Waals surface area contributed by atoms with Gasteiger partial charge in [0.1, 0.15) is 5.82 Å². The minimum Gasteiger partial charge on any atom is -0.207 e. The van der Waals surface area contributed by atoms with Gasteiger partial charge in [0.15, 0.2) is 0 Å². The Hall–Kier alpha value is -1.63. The predicted molar refractivity (Wildman–Crippen MR) is 60.1 cm³/mol. The van der Waals surface area contributed by atoms with Crippen LogP contribution >= 0.6 is 0 Å². The Morgan fingerprint density at radius 2 is 1.47 bits per heavy atom. The lowest BCUT2D eigenvalue weighted by Gasteiger charge is -2.06. The molecule has 0 nitrogen and oxygen atoms in total. The molecule has 75 valence electrons. The molecule has 0 aromatic heterocycles. The first-order valence-electron chi connectivity index (χ1n) is 4.90. The minimum atomic E-state index is -0.152. The summed E-state index contributed by atoms with van der Waals surface area (Å²) in [6, 6.07) is 14.7. The van der Waals surface area contributed by atoms with Gasteiger partial charge in [0.05, 0.1) is 0 Å². The molecule has 1 radical (unpaired) electrons. The summed E-state index contributed by atoms with van der Waals surface area (Å²) in [7, 11) is 0. The van der Waals surface area contributed by atoms with Crippen LogP contribution in [0.15, 0.2) is 48.5 Å². The normalized spacial score (nSPS) is 10.3. The largest absolute Gasteiger partial charge is 0.207 e. The monoisotopic (exact) mass is 199 g/mol. The Labute approximate surface area is 89.4 Å². The van der Waals surface area contributed by atoms with Crippen molar-refractivity contribution in [1.82, 2.24) is 0 Å². The molecule has 0 saturated carbocycles. The molecule has 2 aromatic carbocycles. The van der Waals surface area contributed by atoms with Crippen LogP contribution in [0.3, 0.4) is 0 Å². The molecule has 0 bridgehead atoms. The first-order valence-corrected chi connectivity index (χ1v) is 4.90. The summed E-state index contributed by atoms with van der Waals surface area (Å²) in [5.41, 5.74) is 2.75. The Balaban J connectivity index is 2.30. The van der Waals surface area contributed by atoms with Gasteiger partial charge in [-0.05, 0) is 29.7 Å². The zero-order valence-corrected chi connectivity index (χ0v) is 8.41. The topological polar surface area (TPSA) is 0 Å². The molecule has 2 rings (SSSR count). The van der Waals surface area contributed by atoms with Crippen molar-refractivity contribution in [3.05, 3.63) is 78.0 Å². The predicted octanol–water partition coefficient (Wildman–Crippen LogP) is 3.60. The lowest BCUT2D eigenvalue weighted by atomic mass is 10.0. The summed E-state index contributed by atoms with van der Waals surface area (Å²) >= 11 is 0. The van der Waals surface area contributed by atoms with E-state index in [1.165, 1.54) is 6.07 Å². The van der Waals surface area contributed by atoms with E-state index in [2.05, 4.69) is 6.92 Å². The second-order valence-corrected chi connectivity index (χ2v) is 3.54. The zero-order valence-electron chi connectivity index (χ0n) is 8.41. The number of hydrogen-bond donors (Lipinski definition) is 0. The SMILES string of the molecule is [CH2]c1ccccc1Cc1ccccc1F. The average Bonchev–Trinajstić information content (AvgIpc) is 2.24. The van der Waals surface area contributed by atoms with Crippen molar-refractivity contribution in [2.45, 2.75) is 6.42 Å². The Bertz CT molecular complexity index is 417. The van der Waals surface area contributed by atoms with Gasteiger partial charge < -0.3 is 0 Å². The van der Waals surface area contributed by atoms with E-state index in [1.807, 2.05) is 36.4 Å². The van der Waals surface area contributed by atoms with Crippen LogP contribution in [0.1, 0.15) is 16.7 Å². The molecule has 0 unspecified atom stereocenters. The third-order valence-electron chi connectivity index (χ3n) is 2.46. The molecular weight excluding hydrogens is 187 g/mol. The number of hydrogen-bond acceptors (Lipinski definition) is 0. The van der Waals surface area contributed by atoms with Gasteiger partial charge in [-0.2, -0.15) is 0 Å². The molecule has 0 fully saturated rings. The molecule has 1 heteroatoms. The highest BCUT2D eigenvalue weighted by atomic mass is 19.1. The van der Waals surface area contributed by atoms with Crippen molar-refractivity contribution < 1.29 is 4.39 Å². The third-order valence-corrected chi connectivity index (χ3v) is 2.46. The van der Waals surface area contributed by atoms with E-state index in [9.17, 15) is 4.39 Å². The smallest absolute Gasteiger partial charge is 0.126 e. The van der Waals surface area contributed by atoms with Crippen molar-refractivity contribution in [1.29, 1.82) is 0 Å². The maximum atomic E-state index is 13.4. The fourth-order valence-electron chi connectivity index (χ4n) is 1.58. The maximum absolute atomic E-state index is 13.4. The average molecular weight is 199 g/mol. The molecule has 0 N–H and O–H groups in total. The second-order valence-electron chi connectivity index (χ2n) is 3.54. The molecule has 15 heavy (non-hydrogen) atoms. The van der Waals surface area contributed by atoms with Gasteiger partial charge in [-0.3, -0.25) is 0 Å². The quantitative estimate of drug-likeness (QED) is 0.693. The van der Waals surface area contributed by atoms with Crippen LogP contribution in [0.25, 0.3) is 0 Å². The Morgan fingerprint density at radius 1 is 0.867 bits per heavy atom. The van der Waals surface area contributed by atoms with E-state index < -0.39 is 0 Å². The third kappa shape index (κ3) is 2.24. The maximum Gasteiger partial charge on any atom is 0.126 e. The fraction of sp³-hybridized carbons (Fsp3) is 0.0714. The van der Waals surface area contributed by atoms with Crippen LogP contribution in [0, 0.1) is 12.7 Å². The van der Waals surface area contributed by atoms with E-state index in [1.54, 1.807) is 6.07 Å². The molecule has 0 aliphatic rings. The summed E-state index contributed by atoms with van der Waals surface area (Å²) in [5, 5.41) is 0. The summed E-state index contributed by atoms with van der Waals surface area (Å²) in [6.07, 6.45) is 0.604. The summed E-state index contributed by atoms with van der Waals surface area (Å²) in [5.74, 6) is -0.152. The second kappa shape index (κ2) is 4.26. The number of benzene rings is 2. The lowest BCUT2D eigenvalue weighted by molar-refractivity contribution is 0.614. The van der Waals surface area contributed by atoms with E-state index in [-0.39, 0.29) is 5.82 Å². The number of halogens is 1. The van der Waals surface area contributed by atoms with Crippen LogP contribution in [0.5, 0.6) is 0 Å². The Kier molecular flexibility index (Phi) is 2.82. The lowest BCUT2D eigenvalue weighted by Crippen LogP contribution is -1.94. The van der Waals surface area contributed by atoms with Crippen LogP contribution in [-0.4, -0.2) is 0 Å². The van der Waals surface area contributed by atoms with Gasteiger partial charge in [0.2, 0.25) is 0 Å². The van der Waals surface area contributed by atoms with Gasteiger partial charge in [0.25, 0.3) is 0 Å². The molecule has 0 saturated heterocycles. The molecule has 2 aromatic rings. The molecule has 0 aliphatic heterocycles. The van der Waals surface area contributed by atoms with Crippen molar-refractivity contribution >= 4 is 0 Å². The molecular formula is C14H12F. The highest BCUT2D eigenvalue weighted by Gasteiger charge is 2.03. The molecule has 0 amide bonds. The van der Waals surface area contributed by atoms with Crippen LogP contribution < -0.4 is 0 Å². The molecule has 0 atom stereocenters. The highest BCUT2D eigenvalue weighted by molar-refractivity contribution is 5.34. The van der Waals surface area contributed by atoms with Crippen molar-refractivity contribution in [3.8, 4) is 0 Å². The standard InChI is InChI=1S/C14H12F/c1-11-6-2-3-7-12(11)10-13-8-4-5-9-14(13)15/h2-9H,1,10H2. The highest BCUT2D eigenvalue weighted by Crippen LogP contribution is 2.15. The minimum absolute atomic E-state index is 0.152. The molecule has 0 heterocycles. The molecule has 0 aliphatic carbocycles. The van der Waals surface area contributed by atoms with E-state index >= 15 is 0 Å². The first kappa shape index (κ1) is 9.91. The summed E-state index contributed by atoms with van der Waals surface area (Å²) in [6.45, 7) is 3.92. The van der Waals surface area contributed by atoms with E-state index in [0.29, 0.717) is 12.0 Å². The van der Waals surface area contributed by atoms with E-state index in [4.69, 9.17) is 0 Å². The van der Waals surface area contributed by atoms with E-state index in [0.717, 1.165) is 11.1 Å². The van der Waals surface area contributed by atoms with Gasteiger partial charge in [-0.15, -0.1) is 0 Å². The van der Waals surface area contributed by atoms with Gasteiger partial charge in [0, 0.05) is 6.42 Å². The first-order chi connectivity index (χ1) is 7.27. The zero-order chi connectivity index (χ0) is 10.7. The van der Waals surface area contributed by atoms with Crippen molar-refractivity contribution in [2.75, 3.05) is 0 Å². The van der Waals surface area contributed by atoms with Crippen molar-refractivity contribution in [3.63, 3.8) is 0 Å². The van der Waals surface area contributed by atoms with Crippen LogP contribution in [-0.2, 0) is 6.42 Å². The summed E-state index contributed by atoms with van der Waals surface area (Å²) in [4.78, 5) is 0. The molecule has 0 spiro atoms. The van der Waals surface area contributed by atoms with Gasteiger partial charge in [-0.1, -0.05) is 42.5 Å². The Morgan fingerprint density at radius 3 is 2.13 bits per heavy atom. The van der Waals surface area contributed by atoms with Gasteiger partial charge in [-0.25, -0.2) is 4.39 Å². The van der Waals surface area contributed by atoms with Crippen LogP contribution in [0.2, 0.25) is 0 Å². The van der Waals surface area contributed by atoms with Crippen LogP contribution in [0.4, 0.5) is 4.39 Å². The summed E-state index contributed by atoms with van der Waals surface area (Å²) < 4.78 is 13.4. The van der Waals surface area contributed by atoms with Gasteiger partial charge >= 0.3 is 0 Å². The number of rotatable bonds is 2. The fourth-order valence-corrected chi connectivity index (χ4v) is 1.58.